The van der Waals surface area contributed by atoms with Crippen LogP contribution in [0, 0.1) is 13.8 Å². The van der Waals surface area contributed by atoms with Crippen molar-refractivity contribution in [1.82, 2.24) is 14.7 Å². The lowest BCUT2D eigenvalue weighted by Gasteiger charge is -2.45. The van der Waals surface area contributed by atoms with E-state index in [0.29, 0.717) is 19.6 Å². The summed E-state index contributed by atoms with van der Waals surface area (Å²) in [6.45, 7) is 7.22. The maximum atomic E-state index is 12.0. The van der Waals surface area contributed by atoms with Crippen LogP contribution < -0.4 is 5.32 Å². The normalized spacial score (nSPS) is 18.2. The molecule has 0 bridgehead atoms. The van der Waals surface area contributed by atoms with Crippen molar-refractivity contribution in [3.63, 3.8) is 0 Å². The lowest BCUT2D eigenvalue weighted by atomic mass is 9.91. The average molecular weight is 266 g/mol. The molecule has 2 N–H and O–H groups in total. The SMILES string of the molecule is CCC1(O)CN(CC(=O)Nc2c(C)nn(C)c2C)C1. The highest BCUT2D eigenvalue weighted by molar-refractivity contribution is 5.93. The van der Waals surface area contributed by atoms with Crippen LogP contribution in [0.5, 0.6) is 0 Å². The summed E-state index contributed by atoms with van der Waals surface area (Å²) in [5.41, 5.74) is 1.96. The van der Waals surface area contributed by atoms with Gasteiger partial charge in [0.2, 0.25) is 5.91 Å². The maximum absolute atomic E-state index is 12.0. The fraction of sp³-hybridized carbons (Fsp3) is 0.692. The quantitative estimate of drug-likeness (QED) is 0.829. The van der Waals surface area contributed by atoms with Crippen molar-refractivity contribution >= 4 is 11.6 Å². The van der Waals surface area contributed by atoms with E-state index in [1.165, 1.54) is 0 Å². The van der Waals surface area contributed by atoms with Gasteiger partial charge in [0, 0.05) is 20.1 Å². The standard InChI is InChI=1S/C13H22N4O2/c1-5-13(19)7-17(8-13)6-11(18)14-12-9(2)15-16(4)10(12)3/h19H,5-8H2,1-4H3,(H,14,18). The summed E-state index contributed by atoms with van der Waals surface area (Å²) >= 11 is 0. The maximum Gasteiger partial charge on any atom is 0.238 e. The summed E-state index contributed by atoms with van der Waals surface area (Å²) < 4.78 is 1.75. The van der Waals surface area contributed by atoms with Gasteiger partial charge in [0.15, 0.2) is 0 Å². The number of likely N-dealkylation sites (tertiary alicyclic amines) is 1. The third-order valence-electron chi connectivity index (χ3n) is 3.83. The van der Waals surface area contributed by atoms with Crippen molar-refractivity contribution in [3.05, 3.63) is 11.4 Å². The van der Waals surface area contributed by atoms with E-state index in [1.54, 1.807) is 4.68 Å². The number of aliphatic hydroxyl groups is 1. The first kappa shape index (κ1) is 14.0. The number of carbonyl (C=O) groups excluding carboxylic acids is 1. The molecule has 1 aliphatic rings. The Kier molecular flexibility index (Phi) is 3.64. The molecule has 1 aromatic heterocycles. The molecule has 106 valence electrons. The highest BCUT2D eigenvalue weighted by atomic mass is 16.3. The molecule has 1 amide bonds. The van der Waals surface area contributed by atoms with E-state index in [4.69, 9.17) is 0 Å². The van der Waals surface area contributed by atoms with Gasteiger partial charge in [0.25, 0.3) is 0 Å². The third-order valence-corrected chi connectivity index (χ3v) is 3.83. The van der Waals surface area contributed by atoms with Gasteiger partial charge in [-0.3, -0.25) is 14.4 Å². The molecular formula is C13H22N4O2. The van der Waals surface area contributed by atoms with Crippen LogP contribution in [0.1, 0.15) is 24.7 Å². The second kappa shape index (κ2) is 4.94. The van der Waals surface area contributed by atoms with Crippen LogP contribution in [0.4, 0.5) is 5.69 Å². The van der Waals surface area contributed by atoms with Crippen LogP contribution >= 0.6 is 0 Å². The number of aromatic nitrogens is 2. The summed E-state index contributed by atoms with van der Waals surface area (Å²) in [7, 11) is 1.86. The van der Waals surface area contributed by atoms with Crippen molar-refractivity contribution in [3.8, 4) is 0 Å². The lowest BCUT2D eigenvalue weighted by molar-refractivity contribution is -0.128. The molecule has 2 heterocycles. The van der Waals surface area contributed by atoms with Gasteiger partial charge >= 0.3 is 0 Å². The molecule has 0 radical (unpaired) electrons. The van der Waals surface area contributed by atoms with Gasteiger partial charge in [-0.2, -0.15) is 5.10 Å². The molecule has 1 aromatic rings. The molecule has 0 atom stereocenters. The lowest BCUT2D eigenvalue weighted by Crippen LogP contribution is -2.62. The predicted octanol–water partition coefficient (Wildman–Crippen LogP) is 0.432. The summed E-state index contributed by atoms with van der Waals surface area (Å²) in [5.74, 6) is -0.0580. The zero-order valence-electron chi connectivity index (χ0n) is 12.0. The minimum Gasteiger partial charge on any atom is -0.387 e. The van der Waals surface area contributed by atoms with E-state index in [2.05, 4.69) is 10.4 Å². The number of carbonyl (C=O) groups is 1. The molecule has 0 aromatic carbocycles. The van der Waals surface area contributed by atoms with Crippen LogP contribution in [-0.4, -0.2) is 50.9 Å². The molecule has 6 heteroatoms. The number of hydrogen-bond donors (Lipinski definition) is 2. The second-order valence-corrected chi connectivity index (χ2v) is 5.44. The van der Waals surface area contributed by atoms with Crippen LogP contribution in [0.15, 0.2) is 0 Å². The molecule has 2 rings (SSSR count). The Labute approximate surface area is 113 Å². The molecule has 0 aliphatic carbocycles. The van der Waals surface area contributed by atoms with E-state index in [9.17, 15) is 9.90 Å². The van der Waals surface area contributed by atoms with Crippen LogP contribution in [0.25, 0.3) is 0 Å². The van der Waals surface area contributed by atoms with Gasteiger partial charge in [-0.15, -0.1) is 0 Å². The predicted molar refractivity (Wildman–Crippen MR) is 73.0 cm³/mol. The highest BCUT2D eigenvalue weighted by Gasteiger charge is 2.39. The fourth-order valence-electron chi connectivity index (χ4n) is 2.46. The van der Waals surface area contributed by atoms with Crippen molar-refractivity contribution in [2.45, 2.75) is 32.8 Å². The number of amides is 1. The summed E-state index contributed by atoms with van der Waals surface area (Å²) in [6, 6.07) is 0. The average Bonchev–Trinajstić information content (AvgIpc) is 2.54. The molecule has 19 heavy (non-hydrogen) atoms. The zero-order valence-corrected chi connectivity index (χ0v) is 12.0. The van der Waals surface area contributed by atoms with E-state index in [1.807, 2.05) is 32.7 Å². The summed E-state index contributed by atoms with van der Waals surface area (Å²) in [5, 5.41) is 17.1. The summed E-state index contributed by atoms with van der Waals surface area (Å²) in [6.07, 6.45) is 0.728. The van der Waals surface area contributed by atoms with E-state index < -0.39 is 5.60 Å². The number of hydrogen-bond acceptors (Lipinski definition) is 4. The van der Waals surface area contributed by atoms with Gasteiger partial charge in [0.05, 0.1) is 29.2 Å². The Morgan fingerprint density at radius 3 is 2.58 bits per heavy atom. The van der Waals surface area contributed by atoms with E-state index in [0.717, 1.165) is 23.5 Å². The minimum absolute atomic E-state index is 0.0580. The van der Waals surface area contributed by atoms with Crippen molar-refractivity contribution in [2.75, 3.05) is 25.0 Å². The highest BCUT2D eigenvalue weighted by Crippen LogP contribution is 2.24. The number of anilines is 1. The molecule has 0 spiro atoms. The first-order valence-electron chi connectivity index (χ1n) is 6.59. The van der Waals surface area contributed by atoms with Gasteiger partial charge in [-0.1, -0.05) is 6.92 Å². The Bertz CT molecular complexity index is 489. The molecular weight excluding hydrogens is 244 g/mol. The number of rotatable bonds is 4. The Morgan fingerprint density at radius 2 is 2.11 bits per heavy atom. The zero-order chi connectivity index (χ0) is 14.2. The van der Waals surface area contributed by atoms with Gasteiger partial charge < -0.3 is 10.4 Å². The number of aryl methyl sites for hydroxylation is 2. The number of nitrogens with one attached hydrogen (secondary N) is 1. The molecule has 1 fully saturated rings. The van der Waals surface area contributed by atoms with Gasteiger partial charge in [-0.05, 0) is 20.3 Å². The summed E-state index contributed by atoms with van der Waals surface area (Å²) in [4.78, 5) is 13.9. The molecule has 6 nitrogen and oxygen atoms in total. The first-order chi connectivity index (χ1) is 8.84. The smallest absolute Gasteiger partial charge is 0.238 e. The third kappa shape index (κ3) is 2.79. The van der Waals surface area contributed by atoms with Gasteiger partial charge in [-0.25, -0.2) is 0 Å². The van der Waals surface area contributed by atoms with Crippen LogP contribution in [-0.2, 0) is 11.8 Å². The number of β-amino-alcohol motifs (C(OH)–C–C–N with tert-alkyl or cyclic N) is 1. The van der Waals surface area contributed by atoms with Crippen molar-refractivity contribution in [2.24, 2.45) is 7.05 Å². The van der Waals surface area contributed by atoms with Crippen LogP contribution in [0.2, 0.25) is 0 Å². The van der Waals surface area contributed by atoms with E-state index in [-0.39, 0.29) is 5.91 Å². The Morgan fingerprint density at radius 1 is 1.47 bits per heavy atom. The van der Waals surface area contributed by atoms with Crippen LogP contribution in [0.3, 0.4) is 0 Å². The van der Waals surface area contributed by atoms with E-state index >= 15 is 0 Å². The minimum atomic E-state index is -0.597. The van der Waals surface area contributed by atoms with Gasteiger partial charge in [0.1, 0.15) is 0 Å². The Hall–Kier alpha value is -1.40. The Balaban J connectivity index is 1.89. The molecule has 0 unspecified atom stereocenters. The number of nitrogens with zero attached hydrogens (tertiary/aromatic N) is 3. The van der Waals surface area contributed by atoms with Crippen molar-refractivity contribution in [1.29, 1.82) is 0 Å². The van der Waals surface area contributed by atoms with Crippen molar-refractivity contribution < 1.29 is 9.90 Å². The second-order valence-electron chi connectivity index (χ2n) is 5.44. The first-order valence-corrected chi connectivity index (χ1v) is 6.59. The molecule has 1 aliphatic heterocycles. The monoisotopic (exact) mass is 266 g/mol. The fourth-order valence-corrected chi connectivity index (χ4v) is 2.46. The topological polar surface area (TPSA) is 70.4 Å². The largest absolute Gasteiger partial charge is 0.387 e. The molecule has 1 saturated heterocycles. The molecule has 0 saturated carbocycles.